The second-order valence-electron chi connectivity index (χ2n) is 4.06. The van der Waals surface area contributed by atoms with Gasteiger partial charge < -0.3 is 15.8 Å². The van der Waals surface area contributed by atoms with Gasteiger partial charge in [0, 0.05) is 16.3 Å². The maximum atomic E-state index is 12.3. The Labute approximate surface area is 139 Å². The quantitative estimate of drug-likeness (QED) is 0.667. The Bertz CT molecular complexity index is 735. The van der Waals surface area contributed by atoms with Crippen molar-refractivity contribution in [2.24, 2.45) is 0 Å². The molecule has 0 heterocycles. The number of carbonyl (C=O) groups is 1. The summed E-state index contributed by atoms with van der Waals surface area (Å²) in [5.41, 5.74) is 0.712. The largest absolute Gasteiger partial charge is 0.506 e. The van der Waals surface area contributed by atoms with Crippen LogP contribution in [0, 0.1) is 5.41 Å². The van der Waals surface area contributed by atoms with Gasteiger partial charge in [0.05, 0.1) is 21.3 Å². The Morgan fingerprint density at radius 3 is 2.62 bits per heavy atom. The Balaban J connectivity index is 2.43. The van der Waals surface area contributed by atoms with Gasteiger partial charge in [-0.15, -0.1) is 0 Å². The molecule has 0 saturated heterocycles. The van der Waals surface area contributed by atoms with E-state index < -0.39 is 5.91 Å². The zero-order chi connectivity index (χ0) is 15.6. The monoisotopic (exact) mass is 386 g/mol. The standard InChI is InChI=1S/C14H9BrCl2N2O2/c15-8-5-7(6-18)13(20)12(17)11(8)14(21)19-10-4-2-1-3-9(10)16/h1-6,18,20H,(H,19,21). The molecule has 0 unspecified atom stereocenters. The number of hydrogen-bond donors (Lipinski definition) is 3. The van der Waals surface area contributed by atoms with Crippen LogP contribution in [0.2, 0.25) is 10.0 Å². The zero-order valence-corrected chi connectivity index (χ0v) is 13.6. The van der Waals surface area contributed by atoms with Gasteiger partial charge in [-0.3, -0.25) is 4.79 Å². The first-order chi connectivity index (χ1) is 9.95. The number of amides is 1. The lowest BCUT2D eigenvalue weighted by Crippen LogP contribution is -2.14. The number of nitrogens with one attached hydrogen (secondary N) is 2. The number of phenols is 1. The molecule has 1 amide bonds. The fourth-order valence-electron chi connectivity index (χ4n) is 1.69. The highest BCUT2D eigenvalue weighted by Gasteiger charge is 2.20. The third-order valence-corrected chi connectivity index (χ3v) is 4.05. The van der Waals surface area contributed by atoms with E-state index in [-0.39, 0.29) is 21.9 Å². The summed E-state index contributed by atoms with van der Waals surface area (Å²) in [4.78, 5) is 12.3. The fraction of sp³-hybridized carbons (Fsp3) is 0. The number of aromatic hydroxyl groups is 1. The summed E-state index contributed by atoms with van der Waals surface area (Å²) in [6, 6.07) is 8.20. The molecule has 0 aliphatic carbocycles. The summed E-state index contributed by atoms with van der Waals surface area (Å²) in [5, 5.41) is 19.9. The van der Waals surface area contributed by atoms with E-state index in [0.29, 0.717) is 15.2 Å². The number of rotatable bonds is 3. The molecule has 0 spiro atoms. The van der Waals surface area contributed by atoms with Crippen molar-refractivity contribution in [3.8, 4) is 5.75 Å². The van der Waals surface area contributed by atoms with Gasteiger partial charge in [0.15, 0.2) is 0 Å². The van der Waals surface area contributed by atoms with E-state index in [4.69, 9.17) is 28.6 Å². The van der Waals surface area contributed by atoms with Crippen molar-refractivity contribution in [3.05, 3.63) is 56.0 Å². The molecule has 3 N–H and O–H groups in total. The van der Waals surface area contributed by atoms with E-state index in [9.17, 15) is 9.90 Å². The van der Waals surface area contributed by atoms with Crippen LogP contribution in [0.3, 0.4) is 0 Å². The van der Waals surface area contributed by atoms with Crippen LogP contribution in [0.15, 0.2) is 34.8 Å². The van der Waals surface area contributed by atoms with Crippen LogP contribution >= 0.6 is 39.1 Å². The predicted molar refractivity (Wildman–Crippen MR) is 88.1 cm³/mol. The molecule has 0 saturated carbocycles. The molecule has 2 rings (SSSR count). The molecule has 0 aliphatic rings. The zero-order valence-electron chi connectivity index (χ0n) is 10.5. The van der Waals surface area contributed by atoms with E-state index >= 15 is 0 Å². The average molecular weight is 388 g/mol. The van der Waals surface area contributed by atoms with Crippen molar-refractivity contribution in [2.75, 3.05) is 5.32 Å². The van der Waals surface area contributed by atoms with Gasteiger partial charge in [-0.2, -0.15) is 0 Å². The second-order valence-corrected chi connectivity index (χ2v) is 5.70. The molecule has 4 nitrogen and oxygen atoms in total. The number of anilines is 1. The van der Waals surface area contributed by atoms with Gasteiger partial charge >= 0.3 is 0 Å². The van der Waals surface area contributed by atoms with Crippen LogP contribution < -0.4 is 5.32 Å². The van der Waals surface area contributed by atoms with Gasteiger partial charge in [0.25, 0.3) is 5.91 Å². The van der Waals surface area contributed by atoms with Gasteiger partial charge in [-0.1, -0.05) is 35.3 Å². The number of phenolic OH excluding ortho intramolecular Hbond substituents is 1. The summed E-state index contributed by atoms with van der Waals surface area (Å²) < 4.78 is 0.369. The average Bonchev–Trinajstić information content (AvgIpc) is 2.45. The van der Waals surface area contributed by atoms with E-state index in [0.717, 1.165) is 6.21 Å². The first-order valence-corrected chi connectivity index (χ1v) is 7.28. The molecule has 0 radical (unpaired) electrons. The highest BCUT2D eigenvalue weighted by Crippen LogP contribution is 2.36. The molecule has 2 aromatic carbocycles. The highest BCUT2D eigenvalue weighted by molar-refractivity contribution is 9.10. The number of hydrogen-bond acceptors (Lipinski definition) is 3. The third kappa shape index (κ3) is 3.20. The van der Waals surface area contributed by atoms with Gasteiger partial charge in [0.2, 0.25) is 0 Å². The number of benzene rings is 2. The maximum Gasteiger partial charge on any atom is 0.258 e. The van der Waals surface area contributed by atoms with Crippen LogP contribution in [0.5, 0.6) is 5.75 Å². The molecule has 2 aromatic rings. The lowest BCUT2D eigenvalue weighted by molar-refractivity contribution is 0.102. The molecule has 0 fully saturated rings. The minimum absolute atomic E-state index is 0.0692. The topological polar surface area (TPSA) is 73.2 Å². The number of halogens is 3. The second kappa shape index (κ2) is 6.47. The minimum atomic E-state index is -0.521. The molecule has 0 aliphatic heterocycles. The Kier molecular flexibility index (Phi) is 4.88. The Morgan fingerprint density at radius 2 is 2.00 bits per heavy atom. The molecule has 21 heavy (non-hydrogen) atoms. The van der Waals surface area contributed by atoms with Crippen molar-refractivity contribution < 1.29 is 9.90 Å². The van der Waals surface area contributed by atoms with Crippen molar-refractivity contribution in [3.63, 3.8) is 0 Å². The van der Waals surface area contributed by atoms with E-state index in [2.05, 4.69) is 21.2 Å². The lowest BCUT2D eigenvalue weighted by Gasteiger charge is -2.12. The van der Waals surface area contributed by atoms with Crippen LogP contribution in [0.4, 0.5) is 5.69 Å². The van der Waals surface area contributed by atoms with Crippen molar-refractivity contribution >= 4 is 56.9 Å². The summed E-state index contributed by atoms with van der Waals surface area (Å²) in [7, 11) is 0. The SMILES string of the molecule is N=Cc1cc(Br)c(C(=O)Nc2ccccc2Cl)c(Cl)c1O. The summed E-state index contributed by atoms with van der Waals surface area (Å²) in [6.07, 6.45) is 0.946. The molecular weight excluding hydrogens is 379 g/mol. The van der Waals surface area contributed by atoms with Gasteiger partial charge in [0.1, 0.15) is 5.75 Å². The van der Waals surface area contributed by atoms with Gasteiger partial charge in [-0.05, 0) is 34.1 Å². The third-order valence-electron chi connectivity index (χ3n) is 2.73. The minimum Gasteiger partial charge on any atom is -0.506 e. The molecule has 108 valence electrons. The maximum absolute atomic E-state index is 12.3. The van der Waals surface area contributed by atoms with E-state index in [1.54, 1.807) is 24.3 Å². The molecule has 0 atom stereocenters. The van der Waals surface area contributed by atoms with Crippen molar-refractivity contribution in [2.45, 2.75) is 0 Å². The van der Waals surface area contributed by atoms with Crippen LogP contribution in [0.1, 0.15) is 15.9 Å². The fourth-order valence-corrected chi connectivity index (χ4v) is 2.91. The van der Waals surface area contributed by atoms with Crippen LogP contribution in [-0.4, -0.2) is 17.2 Å². The van der Waals surface area contributed by atoms with Crippen molar-refractivity contribution in [1.29, 1.82) is 5.41 Å². The Morgan fingerprint density at radius 1 is 1.33 bits per heavy atom. The summed E-state index contributed by atoms with van der Waals surface area (Å²) >= 11 is 15.2. The molecule has 0 bridgehead atoms. The number of para-hydroxylation sites is 1. The van der Waals surface area contributed by atoms with Crippen LogP contribution in [0.25, 0.3) is 0 Å². The van der Waals surface area contributed by atoms with E-state index in [1.807, 2.05) is 0 Å². The van der Waals surface area contributed by atoms with E-state index in [1.165, 1.54) is 6.07 Å². The number of carbonyl (C=O) groups excluding carboxylic acids is 1. The van der Waals surface area contributed by atoms with Gasteiger partial charge in [-0.25, -0.2) is 0 Å². The van der Waals surface area contributed by atoms with Crippen molar-refractivity contribution in [1.82, 2.24) is 0 Å². The first kappa shape index (κ1) is 15.8. The predicted octanol–water partition coefficient (Wildman–Crippen LogP) is 4.71. The smallest absolute Gasteiger partial charge is 0.258 e. The summed E-state index contributed by atoms with van der Waals surface area (Å²) in [5.74, 6) is -0.842. The molecule has 7 heteroatoms. The lowest BCUT2D eigenvalue weighted by atomic mass is 10.1. The Hall–Kier alpha value is -1.56. The van der Waals surface area contributed by atoms with Crippen LogP contribution in [-0.2, 0) is 0 Å². The molecule has 0 aromatic heterocycles. The normalized spacial score (nSPS) is 10.2. The summed E-state index contributed by atoms with van der Waals surface area (Å²) in [6.45, 7) is 0. The molecular formula is C14H9BrCl2N2O2. The first-order valence-electron chi connectivity index (χ1n) is 5.73. The highest BCUT2D eigenvalue weighted by atomic mass is 79.9.